The second-order valence-corrected chi connectivity index (χ2v) is 8.19. The first kappa shape index (κ1) is 20.1. The van der Waals surface area contributed by atoms with E-state index in [-0.39, 0.29) is 0 Å². The molecule has 132 valence electrons. The standard InChI is InChI=1S/C17H31N3O2S/c1-6-9-17(10-7-2)23(21,22)20-14-11-16(15-20)19(5)13-8-12-18(3)4/h6-7,9-10,16H,1,8,11-15H2,2-5H3/b10-7-,17-9+/t16-/m0/s1. The third-order valence-electron chi connectivity index (χ3n) is 4.12. The summed E-state index contributed by atoms with van der Waals surface area (Å²) in [7, 11) is 2.80. The molecule has 0 aliphatic carbocycles. The van der Waals surface area contributed by atoms with Gasteiger partial charge in [-0.2, -0.15) is 4.31 Å². The zero-order chi connectivity index (χ0) is 17.5. The molecule has 0 saturated carbocycles. The van der Waals surface area contributed by atoms with E-state index in [2.05, 4.69) is 37.5 Å². The predicted octanol–water partition coefficient (Wildman–Crippen LogP) is 1.92. The fourth-order valence-electron chi connectivity index (χ4n) is 2.76. The SMILES string of the molecule is C=C/C=C(\C=C/C)S(=O)(=O)N1CC[C@H](N(C)CCCN(C)C)C1. The molecule has 0 spiro atoms. The van der Waals surface area contributed by atoms with Crippen molar-refractivity contribution in [3.8, 4) is 0 Å². The van der Waals surface area contributed by atoms with E-state index in [1.165, 1.54) is 6.08 Å². The predicted molar refractivity (Wildman–Crippen MR) is 97.8 cm³/mol. The molecule has 0 unspecified atom stereocenters. The molecule has 1 heterocycles. The van der Waals surface area contributed by atoms with Gasteiger partial charge in [0.2, 0.25) is 10.0 Å². The van der Waals surface area contributed by atoms with E-state index in [0.717, 1.165) is 25.9 Å². The van der Waals surface area contributed by atoms with Gasteiger partial charge in [-0.15, -0.1) is 0 Å². The molecule has 6 heteroatoms. The zero-order valence-corrected chi connectivity index (χ0v) is 15.7. The van der Waals surface area contributed by atoms with Crippen molar-refractivity contribution in [1.29, 1.82) is 0 Å². The molecule has 1 aliphatic rings. The molecule has 0 N–H and O–H groups in total. The molecule has 0 aromatic rings. The Morgan fingerprint density at radius 2 is 2.00 bits per heavy atom. The summed E-state index contributed by atoms with van der Waals surface area (Å²) in [5.74, 6) is 0. The summed E-state index contributed by atoms with van der Waals surface area (Å²) < 4.78 is 27.0. The zero-order valence-electron chi connectivity index (χ0n) is 14.9. The van der Waals surface area contributed by atoms with Crippen LogP contribution in [0.4, 0.5) is 0 Å². The molecule has 1 atom stereocenters. The quantitative estimate of drug-likeness (QED) is 0.601. The van der Waals surface area contributed by atoms with Crippen LogP contribution in [0.15, 0.2) is 35.8 Å². The third-order valence-corrected chi connectivity index (χ3v) is 6.00. The summed E-state index contributed by atoms with van der Waals surface area (Å²) >= 11 is 0. The molecule has 1 rings (SSSR count). The average molecular weight is 342 g/mol. The van der Waals surface area contributed by atoms with Crippen LogP contribution < -0.4 is 0 Å². The lowest BCUT2D eigenvalue weighted by molar-refractivity contribution is 0.235. The Morgan fingerprint density at radius 3 is 2.57 bits per heavy atom. The fourth-order valence-corrected chi connectivity index (χ4v) is 4.35. The van der Waals surface area contributed by atoms with E-state index in [1.54, 1.807) is 22.5 Å². The first-order valence-electron chi connectivity index (χ1n) is 8.13. The molecule has 0 amide bonds. The number of allylic oxidation sites excluding steroid dienone is 4. The van der Waals surface area contributed by atoms with Gasteiger partial charge in [0.25, 0.3) is 0 Å². The monoisotopic (exact) mass is 341 g/mol. The molecular weight excluding hydrogens is 310 g/mol. The van der Waals surface area contributed by atoms with Crippen LogP contribution in [0, 0.1) is 0 Å². The number of nitrogens with zero attached hydrogens (tertiary/aromatic N) is 3. The Morgan fingerprint density at radius 1 is 1.30 bits per heavy atom. The summed E-state index contributed by atoms with van der Waals surface area (Å²) in [4.78, 5) is 4.76. The van der Waals surface area contributed by atoms with E-state index in [9.17, 15) is 8.42 Å². The fraction of sp³-hybridized carbons (Fsp3) is 0.647. The van der Waals surface area contributed by atoms with Crippen LogP contribution >= 0.6 is 0 Å². The van der Waals surface area contributed by atoms with E-state index < -0.39 is 10.0 Å². The van der Waals surface area contributed by atoms with Crippen molar-refractivity contribution in [3.63, 3.8) is 0 Å². The Balaban J connectivity index is 2.68. The van der Waals surface area contributed by atoms with Gasteiger partial charge in [-0.25, -0.2) is 8.42 Å². The minimum absolute atomic E-state index is 0.294. The summed E-state index contributed by atoms with van der Waals surface area (Å²) in [6, 6.07) is 0.294. The highest BCUT2D eigenvalue weighted by molar-refractivity contribution is 7.93. The van der Waals surface area contributed by atoms with Gasteiger partial charge in [0.1, 0.15) is 0 Å². The Hall–Kier alpha value is -0.950. The van der Waals surface area contributed by atoms with Crippen molar-refractivity contribution in [3.05, 3.63) is 35.8 Å². The highest BCUT2D eigenvalue weighted by atomic mass is 32.2. The second kappa shape index (κ2) is 9.37. The number of rotatable bonds is 9. The van der Waals surface area contributed by atoms with Crippen molar-refractivity contribution in [2.75, 3.05) is 47.3 Å². The van der Waals surface area contributed by atoms with Crippen molar-refractivity contribution in [2.45, 2.75) is 25.8 Å². The van der Waals surface area contributed by atoms with E-state index in [0.29, 0.717) is 24.0 Å². The second-order valence-electron chi connectivity index (χ2n) is 6.25. The number of sulfonamides is 1. The lowest BCUT2D eigenvalue weighted by atomic mass is 10.2. The molecule has 0 aromatic carbocycles. The van der Waals surface area contributed by atoms with Crippen LogP contribution in [0.25, 0.3) is 0 Å². The van der Waals surface area contributed by atoms with E-state index in [1.807, 2.05) is 6.92 Å². The maximum absolute atomic E-state index is 12.7. The minimum Gasteiger partial charge on any atom is -0.309 e. The normalized spacial score (nSPS) is 21.0. The van der Waals surface area contributed by atoms with Gasteiger partial charge in [-0.05, 0) is 66.1 Å². The highest BCUT2D eigenvalue weighted by Gasteiger charge is 2.34. The average Bonchev–Trinajstić information content (AvgIpc) is 2.97. The first-order valence-corrected chi connectivity index (χ1v) is 9.57. The van der Waals surface area contributed by atoms with Crippen LogP contribution in [-0.4, -0.2) is 75.9 Å². The van der Waals surface area contributed by atoms with Gasteiger partial charge in [0, 0.05) is 19.1 Å². The topological polar surface area (TPSA) is 43.9 Å². The summed E-state index contributed by atoms with van der Waals surface area (Å²) in [5, 5.41) is 0. The molecule has 1 aliphatic heterocycles. The Labute approximate surface area is 142 Å². The van der Waals surface area contributed by atoms with Crippen LogP contribution in [-0.2, 0) is 10.0 Å². The van der Waals surface area contributed by atoms with E-state index >= 15 is 0 Å². The molecule has 5 nitrogen and oxygen atoms in total. The molecular formula is C17H31N3O2S. The molecule has 23 heavy (non-hydrogen) atoms. The molecule has 0 aromatic heterocycles. The van der Waals surface area contributed by atoms with Gasteiger partial charge in [-0.1, -0.05) is 18.7 Å². The largest absolute Gasteiger partial charge is 0.309 e. The molecule has 0 radical (unpaired) electrons. The maximum atomic E-state index is 12.7. The van der Waals surface area contributed by atoms with Gasteiger partial charge in [-0.3, -0.25) is 0 Å². The van der Waals surface area contributed by atoms with Crippen LogP contribution in [0.2, 0.25) is 0 Å². The maximum Gasteiger partial charge on any atom is 0.243 e. The number of likely N-dealkylation sites (N-methyl/N-ethyl adjacent to an activating group) is 1. The highest BCUT2D eigenvalue weighted by Crippen LogP contribution is 2.23. The molecule has 1 saturated heterocycles. The summed E-state index contributed by atoms with van der Waals surface area (Å²) in [5.41, 5.74) is 0. The molecule has 1 fully saturated rings. The van der Waals surface area contributed by atoms with Crippen molar-refractivity contribution in [2.24, 2.45) is 0 Å². The lowest BCUT2D eigenvalue weighted by Gasteiger charge is -2.25. The number of hydrogen-bond acceptors (Lipinski definition) is 4. The third kappa shape index (κ3) is 5.88. The van der Waals surface area contributed by atoms with Gasteiger partial charge >= 0.3 is 0 Å². The summed E-state index contributed by atoms with van der Waals surface area (Å²) in [6.45, 7) is 8.60. The lowest BCUT2D eigenvalue weighted by Crippen LogP contribution is -2.37. The van der Waals surface area contributed by atoms with Gasteiger partial charge < -0.3 is 9.80 Å². The van der Waals surface area contributed by atoms with Crippen molar-refractivity contribution < 1.29 is 8.42 Å². The molecule has 0 bridgehead atoms. The Kier molecular flexibility index (Phi) is 8.19. The summed E-state index contributed by atoms with van der Waals surface area (Å²) in [6.07, 6.45) is 8.43. The van der Waals surface area contributed by atoms with Crippen molar-refractivity contribution in [1.82, 2.24) is 14.1 Å². The minimum atomic E-state index is -3.42. The van der Waals surface area contributed by atoms with Crippen LogP contribution in [0.1, 0.15) is 19.8 Å². The van der Waals surface area contributed by atoms with Gasteiger partial charge in [0.05, 0.1) is 4.91 Å². The Bertz CT molecular complexity index is 538. The van der Waals surface area contributed by atoms with Crippen molar-refractivity contribution >= 4 is 10.0 Å². The van der Waals surface area contributed by atoms with E-state index in [4.69, 9.17) is 0 Å². The smallest absolute Gasteiger partial charge is 0.243 e. The van der Waals surface area contributed by atoms with Crippen LogP contribution in [0.3, 0.4) is 0 Å². The van der Waals surface area contributed by atoms with Gasteiger partial charge in [0.15, 0.2) is 0 Å². The first-order chi connectivity index (χ1) is 10.8. The van der Waals surface area contributed by atoms with Crippen LogP contribution in [0.5, 0.6) is 0 Å². The number of hydrogen-bond donors (Lipinski definition) is 0.